The molecule has 0 aliphatic heterocycles. The van der Waals surface area contributed by atoms with E-state index in [-0.39, 0.29) is 11.1 Å². The lowest BCUT2D eigenvalue weighted by atomic mass is 9.80. The third-order valence-electron chi connectivity index (χ3n) is 3.38. The molecule has 78 valence electrons. The molecule has 1 N–H and O–H groups in total. The van der Waals surface area contributed by atoms with Gasteiger partial charge in [0.15, 0.2) is 0 Å². The van der Waals surface area contributed by atoms with E-state index in [1.54, 1.807) is 6.07 Å². The zero-order valence-electron chi connectivity index (χ0n) is 9.00. The summed E-state index contributed by atoms with van der Waals surface area (Å²) in [7, 11) is 0. The number of nitrogens with zero attached hydrogens (tertiary/aromatic N) is 1. The van der Waals surface area contributed by atoms with Crippen molar-refractivity contribution in [3.63, 3.8) is 0 Å². The van der Waals surface area contributed by atoms with E-state index < -0.39 is 0 Å². The quantitative estimate of drug-likeness (QED) is 0.695. The Labute approximate surface area is 88.8 Å². The standard InChI is InChI=1S/C12H14N2O/c1-7-3-9-5-10(6-13)12(15)14-11(9)4-8(7)2/h5,7-8H,3-4H2,1-2H3,(H,14,15). The van der Waals surface area contributed by atoms with Gasteiger partial charge in [-0.05, 0) is 36.3 Å². The van der Waals surface area contributed by atoms with E-state index >= 15 is 0 Å². The van der Waals surface area contributed by atoms with Crippen molar-refractivity contribution in [1.29, 1.82) is 5.26 Å². The van der Waals surface area contributed by atoms with Crippen molar-refractivity contribution in [1.82, 2.24) is 4.98 Å². The number of hydrogen-bond acceptors (Lipinski definition) is 2. The van der Waals surface area contributed by atoms with Gasteiger partial charge in [0.1, 0.15) is 11.6 Å². The molecule has 0 radical (unpaired) electrons. The normalized spacial score (nSPS) is 24.3. The van der Waals surface area contributed by atoms with Crippen molar-refractivity contribution in [2.24, 2.45) is 11.8 Å². The Morgan fingerprint density at radius 2 is 2.07 bits per heavy atom. The van der Waals surface area contributed by atoms with Crippen LogP contribution in [0, 0.1) is 23.2 Å². The smallest absolute Gasteiger partial charge is 0.266 e. The summed E-state index contributed by atoms with van der Waals surface area (Å²) >= 11 is 0. The van der Waals surface area contributed by atoms with Crippen molar-refractivity contribution in [3.8, 4) is 6.07 Å². The minimum Gasteiger partial charge on any atom is -0.325 e. The van der Waals surface area contributed by atoms with Gasteiger partial charge in [0.2, 0.25) is 0 Å². The molecule has 0 saturated heterocycles. The second-order valence-electron chi connectivity index (χ2n) is 4.49. The van der Waals surface area contributed by atoms with Gasteiger partial charge in [-0.15, -0.1) is 0 Å². The van der Waals surface area contributed by atoms with E-state index in [1.807, 2.05) is 6.07 Å². The summed E-state index contributed by atoms with van der Waals surface area (Å²) in [4.78, 5) is 14.3. The number of nitrogens with one attached hydrogen (secondary N) is 1. The highest BCUT2D eigenvalue weighted by Crippen LogP contribution is 2.27. The van der Waals surface area contributed by atoms with Gasteiger partial charge in [0.25, 0.3) is 5.56 Å². The zero-order chi connectivity index (χ0) is 11.0. The Morgan fingerprint density at radius 1 is 1.40 bits per heavy atom. The summed E-state index contributed by atoms with van der Waals surface area (Å²) in [6.07, 6.45) is 1.87. The largest absolute Gasteiger partial charge is 0.325 e. The lowest BCUT2D eigenvalue weighted by molar-refractivity contribution is 0.356. The Hall–Kier alpha value is -1.56. The fourth-order valence-electron chi connectivity index (χ4n) is 2.13. The van der Waals surface area contributed by atoms with E-state index in [0.29, 0.717) is 11.8 Å². The lowest BCUT2D eigenvalue weighted by Crippen LogP contribution is -2.25. The van der Waals surface area contributed by atoms with Crippen molar-refractivity contribution >= 4 is 0 Å². The van der Waals surface area contributed by atoms with Crippen LogP contribution in [0.4, 0.5) is 0 Å². The van der Waals surface area contributed by atoms with E-state index in [0.717, 1.165) is 24.1 Å². The van der Waals surface area contributed by atoms with Gasteiger partial charge in [0.05, 0.1) is 0 Å². The third kappa shape index (κ3) is 1.68. The number of rotatable bonds is 0. The van der Waals surface area contributed by atoms with E-state index in [1.165, 1.54) is 0 Å². The average Bonchev–Trinajstić information content (AvgIpc) is 2.20. The molecular weight excluding hydrogens is 188 g/mol. The van der Waals surface area contributed by atoms with Crippen LogP contribution in [0.15, 0.2) is 10.9 Å². The van der Waals surface area contributed by atoms with Crippen LogP contribution in [0.1, 0.15) is 30.7 Å². The first-order valence-corrected chi connectivity index (χ1v) is 5.27. The number of fused-ring (bicyclic) bond motifs is 1. The highest BCUT2D eigenvalue weighted by Gasteiger charge is 2.23. The second-order valence-corrected chi connectivity index (χ2v) is 4.49. The van der Waals surface area contributed by atoms with Crippen LogP contribution in [0.3, 0.4) is 0 Å². The summed E-state index contributed by atoms with van der Waals surface area (Å²) in [6.45, 7) is 4.41. The van der Waals surface area contributed by atoms with Crippen LogP contribution in [-0.4, -0.2) is 4.98 Å². The fraction of sp³-hybridized carbons (Fsp3) is 0.500. The summed E-state index contributed by atoms with van der Waals surface area (Å²) < 4.78 is 0. The summed E-state index contributed by atoms with van der Waals surface area (Å²) in [5.41, 5.74) is 2.13. The SMILES string of the molecule is CC1Cc2cc(C#N)c(=O)[nH]c2CC1C. The van der Waals surface area contributed by atoms with Crippen molar-refractivity contribution < 1.29 is 0 Å². The molecule has 0 aromatic carbocycles. The monoisotopic (exact) mass is 202 g/mol. The van der Waals surface area contributed by atoms with Gasteiger partial charge >= 0.3 is 0 Å². The van der Waals surface area contributed by atoms with Gasteiger partial charge in [-0.1, -0.05) is 13.8 Å². The van der Waals surface area contributed by atoms with Crippen LogP contribution in [0.25, 0.3) is 0 Å². The predicted octanol–water partition coefficient (Wildman–Crippen LogP) is 1.62. The summed E-state index contributed by atoms with van der Waals surface area (Å²) in [5.74, 6) is 1.22. The molecule has 1 aromatic rings. The highest BCUT2D eigenvalue weighted by molar-refractivity contribution is 5.34. The molecule has 1 heterocycles. The first-order valence-electron chi connectivity index (χ1n) is 5.27. The Morgan fingerprint density at radius 3 is 2.73 bits per heavy atom. The van der Waals surface area contributed by atoms with Crippen LogP contribution in [0.2, 0.25) is 0 Å². The first kappa shape index (κ1) is 9.97. The maximum Gasteiger partial charge on any atom is 0.266 e. The molecule has 0 spiro atoms. The van der Waals surface area contributed by atoms with Crippen LogP contribution in [0.5, 0.6) is 0 Å². The molecule has 0 fully saturated rings. The molecule has 0 bridgehead atoms. The molecule has 3 heteroatoms. The van der Waals surface area contributed by atoms with Gasteiger partial charge < -0.3 is 4.98 Å². The predicted molar refractivity (Wildman–Crippen MR) is 57.5 cm³/mol. The van der Waals surface area contributed by atoms with Gasteiger partial charge in [-0.2, -0.15) is 5.26 Å². The number of H-pyrrole nitrogens is 1. The fourth-order valence-corrected chi connectivity index (χ4v) is 2.13. The first-order chi connectivity index (χ1) is 7.11. The van der Waals surface area contributed by atoms with Gasteiger partial charge in [0, 0.05) is 5.69 Å². The van der Waals surface area contributed by atoms with E-state index in [4.69, 9.17) is 5.26 Å². The molecule has 1 aromatic heterocycles. The minimum absolute atomic E-state index is 0.232. The molecule has 15 heavy (non-hydrogen) atoms. The second kappa shape index (κ2) is 3.54. The molecule has 2 unspecified atom stereocenters. The molecule has 2 rings (SSSR count). The lowest BCUT2D eigenvalue weighted by Gasteiger charge is -2.27. The summed E-state index contributed by atoms with van der Waals surface area (Å²) in [6, 6.07) is 3.67. The van der Waals surface area contributed by atoms with Crippen LogP contribution >= 0.6 is 0 Å². The molecule has 1 aliphatic carbocycles. The van der Waals surface area contributed by atoms with Crippen LogP contribution in [-0.2, 0) is 12.8 Å². The van der Waals surface area contributed by atoms with Crippen molar-refractivity contribution in [3.05, 3.63) is 33.2 Å². The van der Waals surface area contributed by atoms with E-state index in [2.05, 4.69) is 18.8 Å². The Bertz CT molecular complexity index is 481. The topological polar surface area (TPSA) is 56.6 Å². The number of hydrogen-bond donors (Lipinski definition) is 1. The molecule has 1 aliphatic rings. The number of pyridine rings is 1. The van der Waals surface area contributed by atoms with E-state index in [9.17, 15) is 4.79 Å². The molecular formula is C12H14N2O. The Balaban J connectivity index is 2.51. The molecule has 0 amide bonds. The molecule has 2 atom stereocenters. The maximum absolute atomic E-state index is 11.4. The van der Waals surface area contributed by atoms with Gasteiger partial charge in [-0.3, -0.25) is 4.79 Å². The molecule has 0 saturated carbocycles. The van der Waals surface area contributed by atoms with Gasteiger partial charge in [-0.25, -0.2) is 0 Å². The third-order valence-corrected chi connectivity index (χ3v) is 3.38. The Kier molecular flexibility index (Phi) is 2.36. The number of aromatic amines is 1. The molecule has 3 nitrogen and oxygen atoms in total. The number of aromatic nitrogens is 1. The minimum atomic E-state index is -0.252. The number of nitriles is 1. The summed E-state index contributed by atoms with van der Waals surface area (Å²) in [5, 5.41) is 8.77. The zero-order valence-corrected chi connectivity index (χ0v) is 9.00. The van der Waals surface area contributed by atoms with Crippen LogP contribution < -0.4 is 5.56 Å². The average molecular weight is 202 g/mol. The maximum atomic E-state index is 11.4. The van der Waals surface area contributed by atoms with Crippen molar-refractivity contribution in [2.75, 3.05) is 0 Å². The highest BCUT2D eigenvalue weighted by atomic mass is 16.1. The van der Waals surface area contributed by atoms with Crippen molar-refractivity contribution in [2.45, 2.75) is 26.7 Å².